The van der Waals surface area contributed by atoms with E-state index in [4.69, 9.17) is 16.3 Å². The van der Waals surface area contributed by atoms with Crippen LogP contribution in [0.5, 0.6) is 5.75 Å². The molecule has 2 aliphatic carbocycles. The number of fused-ring (bicyclic) bond motifs is 4. The summed E-state index contributed by atoms with van der Waals surface area (Å²) >= 11 is 6.40. The van der Waals surface area contributed by atoms with Crippen molar-refractivity contribution in [1.82, 2.24) is 4.72 Å². The lowest BCUT2D eigenvalue weighted by molar-refractivity contribution is 0.0981. The molecule has 6 rings (SSSR count). The summed E-state index contributed by atoms with van der Waals surface area (Å²) in [4.78, 5) is 15.8. The molecule has 220 valence electrons. The van der Waals surface area contributed by atoms with Gasteiger partial charge < -0.3 is 9.64 Å². The number of hydrogen-bond acceptors (Lipinski definition) is 5. The van der Waals surface area contributed by atoms with Crippen molar-refractivity contribution in [3.63, 3.8) is 0 Å². The van der Waals surface area contributed by atoms with Crippen molar-refractivity contribution in [3.05, 3.63) is 70.3 Å². The van der Waals surface area contributed by atoms with Crippen molar-refractivity contribution in [3.8, 4) is 5.75 Å². The van der Waals surface area contributed by atoms with Gasteiger partial charge in [-0.15, -0.1) is 0 Å². The molecule has 41 heavy (non-hydrogen) atoms. The predicted molar refractivity (Wildman–Crippen MR) is 164 cm³/mol. The molecule has 2 aromatic carbocycles. The largest absolute Gasteiger partial charge is 0.490 e. The van der Waals surface area contributed by atoms with Gasteiger partial charge in [-0.05, 0) is 111 Å². The number of nitrogens with one attached hydrogen (secondary N) is 1. The molecule has 0 aromatic heterocycles. The number of amides is 1. The normalized spacial score (nSPS) is 33.8. The Morgan fingerprint density at radius 3 is 2.71 bits per heavy atom. The number of allylic oxidation sites excluding steroid dienone is 2. The van der Waals surface area contributed by atoms with Crippen molar-refractivity contribution in [1.29, 1.82) is 0 Å². The van der Waals surface area contributed by atoms with Gasteiger partial charge in [0.05, 0.1) is 17.5 Å². The number of halogens is 1. The first-order valence-corrected chi connectivity index (χ1v) is 17.0. The number of aryl methyl sites for hydroxylation is 1. The van der Waals surface area contributed by atoms with Gasteiger partial charge >= 0.3 is 0 Å². The van der Waals surface area contributed by atoms with Gasteiger partial charge in [0, 0.05) is 29.1 Å². The van der Waals surface area contributed by atoms with Gasteiger partial charge in [-0.2, -0.15) is 0 Å². The maximum Gasteiger partial charge on any atom is 0.264 e. The molecular formula is C33H41ClN2O4S. The molecule has 4 aliphatic rings. The number of sulfonamides is 1. The number of hydrogen-bond donors (Lipinski definition) is 1. The lowest BCUT2D eigenvalue weighted by Crippen LogP contribution is -2.49. The number of carbonyl (C=O) groups is 1. The Morgan fingerprint density at radius 2 is 1.93 bits per heavy atom. The van der Waals surface area contributed by atoms with E-state index >= 15 is 0 Å². The zero-order valence-electron chi connectivity index (χ0n) is 24.2. The van der Waals surface area contributed by atoms with Crippen LogP contribution >= 0.6 is 11.6 Å². The van der Waals surface area contributed by atoms with Crippen LogP contribution in [0.1, 0.15) is 74.4 Å². The summed E-state index contributed by atoms with van der Waals surface area (Å²) in [6, 6.07) is 11.6. The highest BCUT2D eigenvalue weighted by molar-refractivity contribution is 7.90. The van der Waals surface area contributed by atoms with E-state index in [1.165, 1.54) is 24.0 Å². The SMILES string of the molecule is C[C@@H]1[C@@H](C)C/C=C/[C@H](C)C2CCC2CN2C[C@@]3(CCCc4cc(Cl)ccc43)COc3ccc(cc32)C(=O)NS1(=O)=O. The molecule has 2 aromatic rings. The first-order chi connectivity index (χ1) is 19.6. The second-order valence-corrected chi connectivity index (χ2v) is 15.4. The highest BCUT2D eigenvalue weighted by atomic mass is 35.5. The maximum absolute atomic E-state index is 13.3. The quantitative estimate of drug-likeness (QED) is 0.351. The van der Waals surface area contributed by atoms with Crippen LogP contribution in [-0.4, -0.2) is 39.3 Å². The summed E-state index contributed by atoms with van der Waals surface area (Å²) in [5, 5.41) is 0.0634. The third kappa shape index (κ3) is 5.40. The summed E-state index contributed by atoms with van der Waals surface area (Å²) in [7, 11) is -3.85. The summed E-state index contributed by atoms with van der Waals surface area (Å²) in [6.07, 6.45) is 10.5. The van der Waals surface area contributed by atoms with E-state index < -0.39 is 21.2 Å². The van der Waals surface area contributed by atoms with Crippen LogP contribution in [0.15, 0.2) is 48.6 Å². The van der Waals surface area contributed by atoms with E-state index in [0.29, 0.717) is 36.3 Å². The van der Waals surface area contributed by atoms with Crippen molar-refractivity contribution in [2.75, 3.05) is 24.6 Å². The minimum absolute atomic E-state index is 0.116. The molecule has 6 nitrogen and oxygen atoms in total. The standard InChI is InChI=1S/C33H41ClN2O4S/c1-21-6-4-7-22(2)28-12-9-26(28)18-36-19-33(15-5-8-24-16-27(34)11-13-29(24)33)20-40-31-14-10-25(17-30(31)36)32(37)35-41(38,39)23(21)3/h4,7,10-11,13-14,16-17,21-23,26,28H,5-6,8-9,12,15,18-20H2,1-3H3,(H,35,37)/b7-4+/t21-,22-,23+,26?,28?,33-/m0/s1. The number of anilines is 1. The van der Waals surface area contributed by atoms with Gasteiger partial charge in [0.2, 0.25) is 10.0 Å². The second-order valence-electron chi connectivity index (χ2n) is 13.0. The van der Waals surface area contributed by atoms with Crippen molar-refractivity contribution in [2.45, 2.75) is 70.0 Å². The maximum atomic E-state index is 13.3. The molecule has 1 fully saturated rings. The molecule has 2 bridgehead atoms. The number of ether oxygens (including phenoxy) is 1. The first kappa shape index (κ1) is 28.6. The zero-order chi connectivity index (χ0) is 28.9. The fourth-order valence-corrected chi connectivity index (χ4v) is 8.96. The Hall–Kier alpha value is -2.51. The number of benzene rings is 2. The Balaban J connectivity index is 1.42. The average molecular weight is 597 g/mol. The minimum Gasteiger partial charge on any atom is -0.490 e. The molecule has 6 atom stereocenters. The molecule has 1 spiro atoms. The highest BCUT2D eigenvalue weighted by Crippen LogP contribution is 2.47. The molecule has 0 radical (unpaired) electrons. The van der Waals surface area contributed by atoms with Gasteiger partial charge in [0.1, 0.15) is 5.75 Å². The van der Waals surface area contributed by atoms with E-state index in [2.05, 4.69) is 40.8 Å². The fraction of sp³-hybridized carbons (Fsp3) is 0.545. The van der Waals surface area contributed by atoms with Crippen LogP contribution in [-0.2, 0) is 21.9 Å². The highest BCUT2D eigenvalue weighted by Gasteiger charge is 2.44. The monoisotopic (exact) mass is 596 g/mol. The van der Waals surface area contributed by atoms with Gasteiger partial charge in [-0.1, -0.05) is 43.7 Å². The Labute approximate surface area is 249 Å². The average Bonchev–Trinajstić information content (AvgIpc) is 3.06. The molecule has 2 heterocycles. The molecule has 0 saturated heterocycles. The topological polar surface area (TPSA) is 75.7 Å². The third-order valence-corrected chi connectivity index (χ3v) is 12.5. The van der Waals surface area contributed by atoms with Crippen LogP contribution in [0, 0.1) is 23.7 Å². The van der Waals surface area contributed by atoms with E-state index in [0.717, 1.165) is 48.8 Å². The molecule has 8 heteroatoms. The van der Waals surface area contributed by atoms with Gasteiger partial charge in [-0.3, -0.25) is 4.79 Å². The summed E-state index contributed by atoms with van der Waals surface area (Å²) < 4.78 is 35.3. The lowest BCUT2D eigenvalue weighted by Gasteiger charge is -2.46. The molecule has 1 amide bonds. The molecule has 2 unspecified atom stereocenters. The lowest BCUT2D eigenvalue weighted by atomic mass is 9.66. The Kier molecular flexibility index (Phi) is 7.65. The molecule has 1 saturated carbocycles. The van der Waals surface area contributed by atoms with E-state index in [-0.39, 0.29) is 11.3 Å². The first-order valence-electron chi connectivity index (χ1n) is 15.1. The van der Waals surface area contributed by atoms with E-state index in [1.807, 2.05) is 25.1 Å². The summed E-state index contributed by atoms with van der Waals surface area (Å²) in [5.41, 5.74) is 3.61. The van der Waals surface area contributed by atoms with Crippen molar-refractivity contribution >= 4 is 33.2 Å². The molecular weight excluding hydrogens is 556 g/mol. The number of nitrogens with zero attached hydrogens (tertiary/aromatic N) is 1. The fourth-order valence-electron chi connectivity index (χ4n) is 7.48. The predicted octanol–water partition coefficient (Wildman–Crippen LogP) is 6.52. The van der Waals surface area contributed by atoms with Gasteiger partial charge in [-0.25, -0.2) is 13.1 Å². The van der Waals surface area contributed by atoms with Gasteiger partial charge in [0.25, 0.3) is 5.91 Å². The summed E-state index contributed by atoms with van der Waals surface area (Å²) in [6.45, 7) is 8.11. The van der Waals surface area contributed by atoms with Crippen LogP contribution in [0.25, 0.3) is 0 Å². The smallest absolute Gasteiger partial charge is 0.264 e. The van der Waals surface area contributed by atoms with Gasteiger partial charge in [0.15, 0.2) is 0 Å². The van der Waals surface area contributed by atoms with Crippen LogP contribution in [0.4, 0.5) is 5.69 Å². The van der Waals surface area contributed by atoms with Crippen LogP contribution in [0.2, 0.25) is 5.02 Å². The van der Waals surface area contributed by atoms with E-state index in [9.17, 15) is 13.2 Å². The molecule has 2 aliphatic heterocycles. The number of carbonyl (C=O) groups excluding carboxylic acids is 1. The van der Waals surface area contributed by atoms with Crippen LogP contribution in [0.3, 0.4) is 0 Å². The van der Waals surface area contributed by atoms with Crippen LogP contribution < -0.4 is 14.4 Å². The van der Waals surface area contributed by atoms with Crippen molar-refractivity contribution < 1.29 is 17.9 Å². The third-order valence-electron chi connectivity index (χ3n) is 10.4. The Bertz CT molecular complexity index is 1470. The minimum atomic E-state index is -3.85. The zero-order valence-corrected chi connectivity index (χ0v) is 25.8. The molecule has 1 N–H and O–H groups in total. The van der Waals surface area contributed by atoms with E-state index in [1.54, 1.807) is 13.0 Å². The summed E-state index contributed by atoms with van der Waals surface area (Å²) in [5.74, 6) is 1.56. The number of rotatable bonds is 0. The second kappa shape index (κ2) is 11.0. The Morgan fingerprint density at radius 1 is 1.10 bits per heavy atom. The van der Waals surface area contributed by atoms with Crippen molar-refractivity contribution in [2.24, 2.45) is 23.7 Å².